The number of rotatable bonds is 4. The molecule has 1 aliphatic carbocycles. The third kappa shape index (κ3) is 4.67. The maximum absolute atomic E-state index is 12.0. The molecule has 0 radical (unpaired) electrons. The van der Waals surface area contributed by atoms with Gasteiger partial charge in [-0.15, -0.1) is 0 Å². The monoisotopic (exact) mass is 254 g/mol. The normalized spacial score (nSPS) is 24.1. The molecule has 0 aliphatic heterocycles. The van der Waals surface area contributed by atoms with Crippen LogP contribution in [0.2, 0.25) is 0 Å². The van der Waals surface area contributed by atoms with E-state index in [2.05, 4.69) is 10.6 Å². The Bertz CT molecular complexity index is 272. The van der Waals surface area contributed by atoms with Gasteiger partial charge in [-0.25, -0.2) is 0 Å². The standard InChI is InChI=1S/C14H26N2O2/c1-9(2)15-13(17)11-6-5-7-12(8-11)14(18)16-10(3)4/h9-12H,5-8H2,1-4H3,(H,15,17)(H,16,18). The molecule has 1 saturated carbocycles. The number of carbonyl (C=O) groups excluding carboxylic acids is 2. The Kier molecular flexibility index (Phi) is 5.63. The Hall–Kier alpha value is -1.06. The first kappa shape index (κ1) is 15.0. The van der Waals surface area contributed by atoms with Gasteiger partial charge in [-0.05, 0) is 47.0 Å². The minimum Gasteiger partial charge on any atom is -0.354 e. The molecular formula is C14H26N2O2. The lowest BCUT2D eigenvalue weighted by Gasteiger charge is -2.28. The molecule has 0 heterocycles. The quantitative estimate of drug-likeness (QED) is 0.804. The summed E-state index contributed by atoms with van der Waals surface area (Å²) in [7, 11) is 0. The van der Waals surface area contributed by atoms with E-state index in [9.17, 15) is 9.59 Å². The minimum absolute atomic E-state index is 0.00376. The number of carbonyl (C=O) groups is 2. The molecule has 0 spiro atoms. The second-order valence-electron chi connectivity index (χ2n) is 5.89. The summed E-state index contributed by atoms with van der Waals surface area (Å²) in [5.74, 6) is 0.215. The maximum Gasteiger partial charge on any atom is 0.223 e. The van der Waals surface area contributed by atoms with Crippen molar-refractivity contribution in [1.82, 2.24) is 10.6 Å². The fraction of sp³-hybridized carbons (Fsp3) is 0.857. The highest BCUT2D eigenvalue weighted by Gasteiger charge is 2.31. The van der Waals surface area contributed by atoms with Gasteiger partial charge in [-0.2, -0.15) is 0 Å². The summed E-state index contributed by atoms with van der Waals surface area (Å²) >= 11 is 0. The van der Waals surface area contributed by atoms with Crippen LogP contribution in [0.3, 0.4) is 0 Å². The van der Waals surface area contributed by atoms with Crippen LogP contribution < -0.4 is 10.6 Å². The molecule has 0 aromatic heterocycles. The summed E-state index contributed by atoms with van der Waals surface area (Å²) in [5, 5.41) is 5.88. The number of hydrogen-bond donors (Lipinski definition) is 2. The van der Waals surface area contributed by atoms with Crippen molar-refractivity contribution < 1.29 is 9.59 Å². The first-order valence-corrected chi connectivity index (χ1v) is 7.01. The van der Waals surface area contributed by atoms with E-state index in [4.69, 9.17) is 0 Å². The van der Waals surface area contributed by atoms with Gasteiger partial charge in [0.1, 0.15) is 0 Å². The molecule has 18 heavy (non-hydrogen) atoms. The molecule has 0 bridgehead atoms. The first-order chi connectivity index (χ1) is 8.40. The predicted octanol–water partition coefficient (Wildman–Crippen LogP) is 1.84. The Morgan fingerprint density at radius 3 is 1.61 bits per heavy atom. The lowest BCUT2D eigenvalue weighted by molar-refractivity contribution is -0.130. The van der Waals surface area contributed by atoms with E-state index < -0.39 is 0 Å². The molecule has 2 atom stereocenters. The molecule has 2 unspecified atom stereocenters. The van der Waals surface area contributed by atoms with E-state index in [1.165, 1.54) is 0 Å². The van der Waals surface area contributed by atoms with Gasteiger partial charge in [-0.3, -0.25) is 9.59 Å². The highest BCUT2D eigenvalue weighted by atomic mass is 16.2. The van der Waals surface area contributed by atoms with Gasteiger partial charge in [0.15, 0.2) is 0 Å². The van der Waals surface area contributed by atoms with Crippen molar-refractivity contribution >= 4 is 11.8 Å². The van der Waals surface area contributed by atoms with Crippen LogP contribution in [0.15, 0.2) is 0 Å². The van der Waals surface area contributed by atoms with Gasteiger partial charge >= 0.3 is 0 Å². The summed E-state index contributed by atoms with van der Waals surface area (Å²) in [5.41, 5.74) is 0. The van der Waals surface area contributed by atoms with Crippen LogP contribution in [-0.2, 0) is 9.59 Å². The van der Waals surface area contributed by atoms with E-state index in [-0.39, 0.29) is 35.7 Å². The second kappa shape index (κ2) is 6.76. The number of nitrogens with one attached hydrogen (secondary N) is 2. The van der Waals surface area contributed by atoms with E-state index in [0.29, 0.717) is 6.42 Å². The van der Waals surface area contributed by atoms with Crippen LogP contribution in [0.1, 0.15) is 53.4 Å². The van der Waals surface area contributed by atoms with Crippen molar-refractivity contribution in [1.29, 1.82) is 0 Å². The maximum atomic E-state index is 12.0. The van der Waals surface area contributed by atoms with Crippen molar-refractivity contribution in [2.24, 2.45) is 11.8 Å². The lowest BCUT2D eigenvalue weighted by Crippen LogP contribution is -2.42. The van der Waals surface area contributed by atoms with Crippen molar-refractivity contribution in [3.63, 3.8) is 0 Å². The largest absolute Gasteiger partial charge is 0.354 e. The first-order valence-electron chi connectivity index (χ1n) is 7.01. The van der Waals surface area contributed by atoms with Crippen molar-refractivity contribution in [2.45, 2.75) is 65.5 Å². The fourth-order valence-electron chi connectivity index (χ4n) is 2.47. The Morgan fingerprint density at radius 2 is 1.28 bits per heavy atom. The van der Waals surface area contributed by atoms with Crippen LogP contribution in [0.4, 0.5) is 0 Å². The molecule has 4 heteroatoms. The Labute approximate surface area is 110 Å². The Morgan fingerprint density at radius 1 is 0.889 bits per heavy atom. The fourth-order valence-corrected chi connectivity index (χ4v) is 2.47. The average molecular weight is 254 g/mol. The SMILES string of the molecule is CC(C)NC(=O)C1CCCC(C(=O)NC(C)C)C1. The molecule has 1 rings (SSSR count). The molecule has 2 amide bonds. The van der Waals surface area contributed by atoms with Gasteiger partial charge in [0.05, 0.1) is 0 Å². The van der Waals surface area contributed by atoms with E-state index in [1.54, 1.807) is 0 Å². The van der Waals surface area contributed by atoms with Crippen LogP contribution >= 0.6 is 0 Å². The third-order valence-corrected chi connectivity index (χ3v) is 3.28. The molecule has 2 N–H and O–H groups in total. The lowest BCUT2D eigenvalue weighted by atomic mass is 9.80. The summed E-state index contributed by atoms with van der Waals surface area (Å²) in [6.45, 7) is 7.85. The molecular weight excluding hydrogens is 228 g/mol. The molecule has 4 nitrogen and oxygen atoms in total. The van der Waals surface area contributed by atoms with Gasteiger partial charge in [0.2, 0.25) is 11.8 Å². The number of hydrogen-bond acceptors (Lipinski definition) is 2. The summed E-state index contributed by atoms with van der Waals surface area (Å²) < 4.78 is 0. The smallest absolute Gasteiger partial charge is 0.223 e. The minimum atomic E-state index is 0.00376. The van der Waals surface area contributed by atoms with Crippen molar-refractivity contribution in [2.75, 3.05) is 0 Å². The molecule has 1 fully saturated rings. The molecule has 0 aromatic carbocycles. The summed E-state index contributed by atoms with van der Waals surface area (Å²) in [4.78, 5) is 23.9. The van der Waals surface area contributed by atoms with Gasteiger partial charge < -0.3 is 10.6 Å². The Balaban J connectivity index is 2.50. The summed E-state index contributed by atoms with van der Waals surface area (Å²) in [6, 6.07) is 0.338. The van der Waals surface area contributed by atoms with Gasteiger partial charge in [-0.1, -0.05) is 6.42 Å². The molecule has 104 valence electrons. The number of amides is 2. The highest BCUT2D eigenvalue weighted by Crippen LogP contribution is 2.29. The van der Waals surface area contributed by atoms with Crippen molar-refractivity contribution in [3.8, 4) is 0 Å². The van der Waals surface area contributed by atoms with E-state index in [1.807, 2.05) is 27.7 Å². The van der Waals surface area contributed by atoms with Crippen molar-refractivity contribution in [3.05, 3.63) is 0 Å². The van der Waals surface area contributed by atoms with Gasteiger partial charge in [0.25, 0.3) is 0 Å². The molecule has 0 saturated heterocycles. The van der Waals surface area contributed by atoms with E-state index >= 15 is 0 Å². The zero-order valence-corrected chi connectivity index (χ0v) is 12.0. The highest BCUT2D eigenvalue weighted by molar-refractivity contribution is 5.82. The summed E-state index contributed by atoms with van der Waals surface area (Å²) in [6.07, 6.45) is 3.47. The third-order valence-electron chi connectivity index (χ3n) is 3.28. The zero-order valence-electron chi connectivity index (χ0n) is 12.0. The zero-order chi connectivity index (χ0) is 13.7. The van der Waals surface area contributed by atoms with E-state index in [0.717, 1.165) is 19.3 Å². The van der Waals surface area contributed by atoms with Crippen LogP contribution in [0.5, 0.6) is 0 Å². The average Bonchev–Trinajstić information content (AvgIpc) is 2.27. The van der Waals surface area contributed by atoms with Crippen LogP contribution in [-0.4, -0.2) is 23.9 Å². The molecule has 0 aromatic rings. The topological polar surface area (TPSA) is 58.2 Å². The van der Waals surface area contributed by atoms with Crippen LogP contribution in [0.25, 0.3) is 0 Å². The van der Waals surface area contributed by atoms with Crippen LogP contribution in [0, 0.1) is 11.8 Å². The molecule has 1 aliphatic rings. The van der Waals surface area contributed by atoms with Gasteiger partial charge in [0, 0.05) is 23.9 Å². The second-order valence-corrected chi connectivity index (χ2v) is 5.89. The predicted molar refractivity (Wildman–Crippen MR) is 72.0 cm³/mol.